The number of carbonyl (C=O) groups excluding carboxylic acids is 1. The lowest BCUT2D eigenvalue weighted by Crippen LogP contribution is -2.34. The summed E-state index contributed by atoms with van der Waals surface area (Å²) in [5, 5.41) is 2.62. The molecule has 21 heavy (non-hydrogen) atoms. The molecular weight excluding hydrogens is 288 g/mol. The van der Waals surface area contributed by atoms with Crippen LogP contribution in [0.15, 0.2) is 18.2 Å². The Balaban J connectivity index is 2.15. The molecule has 0 atom stereocenters. The van der Waals surface area contributed by atoms with Gasteiger partial charge in [0.15, 0.2) is 0 Å². The fourth-order valence-corrected chi connectivity index (χ4v) is 4.68. The topological polar surface area (TPSA) is 66.5 Å². The van der Waals surface area contributed by atoms with Gasteiger partial charge in [-0.25, -0.2) is 8.42 Å². The molecule has 1 aliphatic carbocycles. The Morgan fingerprint density at radius 1 is 1.29 bits per heavy atom. The summed E-state index contributed by atoms with van der Waals surface area (Å²) >= 11 is 0. The molecule has 0 saturated heterocycles. The van der Waals surface area contributed by atoms with Crippen LogP contribution in [-0.4, -0.2) is 34.2 Å². The number of nitrogens with one attached hydrogen (secondary N) is 1. The van der Waals surface area contributed by atoms with Gasteiger partial charge in [-0.3, -0.25) is 9.10 Å². The van der Waals surface area contributed by atoms with E-state index in [1.165, 1.54) is 10.6 Å². The normalized spacial score (nSPS) is 19.8. The van der Waals surface area contributed by atoms with Gasteiger partial charge in [0.2, 0.25) is 10.0 Å². The van der Waals surface area contributed by atoms with Crippen molar-refractivity contribution < 1.29 is 13.2 Å². The Hall–Kier alpha value is -1.56. The van der Waals surface area contributed by atoms with Crippen molar-refractivity contribution in [3.05, 3.63) is 29.3 Å². The predicted octanol–water partition coefficient (Wildman–Crippen LogP) is 1.64. The van der Waals surface area contributed by atoms with Crippen molar-refractivity contribution in [2.45, 2.75) is 31.1 Å². The van der Waals surface area contributed by atoms with Gasteiger partial charge in [0.25, 0.3) is 5.91 Å². The van der Waals surface area contributed by atoms with Gasteiger partial charge >= 0.3 is 0 Å². The molecule has 1 saturated carbocycles. The third-order valence-electron chi connectivity index (χ3n) is 4.73. The Labute approximate surface area is 125 Å². The standard InChI is InChI=1S/C15H20N2O3S/c1-16-14(18)11-5-6-13-12(9-11)15(7-3-4-8-15)10-17(13)21(2,19)20/h5-6,9H,3-4,7-8,10H2,1-2H3,(H,16,18). The first-order chi connectivity index (χ1) is 9.87. The maximum atomic E-state index is 12.1. The summed E-state index contributed by atoms with van der Waals surface area (Å²) in [6, 6.07) is 5.35. The lowest BCUT2D eigenvalue weighted by atomic mass is 9.80. The van der Waals surface area contributed by atoms with Gasteiger partial charge in [0.05, 0.1) is 11.9 Å². The number of fused-ring (bicyclic) bond motifs is 2. The average molecular weight is 308 g/mol. The Kier molecular flexibility index (Phi) is 3.24. The maximum absolute atomic E-state index is 12.1. The van der Waals surface area contributed by atoms with Gasteiger partial charge in [-0.15, -0.1) is 0 Å². The number of nitrogens with zero attached hydrogens (tertiary/aromatic N) is 1. The second-order valence-electron chi connectivity index (χ2n) is 6.07. The second-order valence-corrected chi connectivity index (χ2v) is 7.97. The van der Waals surface area contributed by atoms with E-state index in [0.29, 0.717) is 12.1 Å². The molecule has 0 bridgehead atoms. The van der Waals surface area contributed by atoms with E-state index in [-0.39, 0.29) is 11.3 Å². The van der Waals surface area contributed by atoms with E-state index in [4.69, 9.17) is 0 Å². The molecule has 1 aliphatic heterocycles. The van der Waals surface area contributed by atoms with Crippen molar-refractivity contribution in [3.63, 3.8) is 0 Å². The molecule has 2 aliphatic rings. The largest absolute Gasteiger partial charge is 0.355 e. The third-order valence-corrected chi connectivity index (χ3v) is 5.86. The van der Waals surface area contributed by atoms with Crippen LogP contribution in [0.3, 0.4) is 0 Å². The molecular formula is C15H20N2O3S. The summed E-state index contributed by atoms with van der Waals surface area (Å²) in [6.45, 7) is 0.512. The molecule has 1 aromatic carbocycles. The van der Waals surface area contributed by atoms with Gasteiger partial charge < -0.3 is 5.32 Å². The molecule has 1 spiro atoms. The highest BCUT2D eigenvalue weighted by Gasteiger charge is 2.47. The average Bonchev–Trinajstić information content (AvgIpc) is 3.04. The number of hydrogen-bond donors (Lipinski definition) is 1. The zero-order valence-corrected chi connectivity index (χ0v) is 13.2. The van der Waals surface area contributed by atoms with E-state index in [2.05, 4.69) is 5.32 Å². The van der Waals surface area contributed by atoms with Crippen LogP contribution >= 0.6 is 0 Å². The number of carbonyl (C=O) groups is 1. The minimum absolute atomic E-state index is 0.109. The van der Waals surface area contributed by atoms with Crippen molar-refractivity contribution in [1.82, 2.24) is 5.32 Å². The fraction of sp³-hybridized carbons (Fsp3) is 0.533. The molecule has 114 valence electrons. The number of anilines is 1. The highest BCUT2D eigenvalue weighted by molar-refractivity contribution is 7.92. The number of rotatable bonds is 2. The van der Waals surface area contributed by atoms with Crippen molar-refractivity contribution in [2.75, 3.05) is 24.2 Å². The first-order valence-corrected chi connectivity index (χ1v) is 9.07. The quantitative estimate of drug-likeness (QED) is 0.903. The van der Waals surface area contributed by atoms with E-state index in [1.54, 1.807) is 19.2 Å². The molecule has 6 heteroatoms. The number of hydrogen-bond acceptors (Lipinski definition) is 3. The van der Waals surface area contributed by atoms with Crippen molar-refractivity contribution >= 4 is 21.6 Å². The van der Waals surface area contributed by atoms with Crippen LogP contribution in [0, 0.1) is 0 Å². The van der Waals surface area contributed by atoms with E-state index in [0.717, 1.165) is 36.9 Å². The van der Waals surface area contributed by atoms with Gasteiger partial charge in [0, 0.05) is 24.6 Å². The molecule has 5 nitrogen and oxygen atoms in total. The van der Waals surface area contributed by atoms with Crippen LogP contribution < -0.4 is 9.62 Å². The number of sulfonamides is 1. The Morgan fingerprint density at radius 2 is 1.95 bits per heavy atom. The molecule has 1 aromatic rings. The van der Waals surface area contributed by atoms with E-state index < -0.39 is 10.0 Å². The van der Waals surface area contributed by atoms with Crippen LogP contribution in [0.2, 0.25) is 0 Å². The number of benzene rings is 1. The van der Waals surface area contributed by atoms with Crippen LogP contribution in [0.1, 0.15) is 41.6 Å². The van der Waals surface area contributed by atoms with E-state index in [1.807, 2.05) is 6.07 Å². The highest BCUT2D eigenvalue weighted by atomic mass is 32.2. The fourth-order valence-electron chi connectivity index (χ4n) is 3.68. The third kappa shape index (κ3) is 2.21. The molecule has 1 heterocycles. The van der Waals surface area contributed by atoms with Crippen molar-refractivity contribution in [1.29, 1.82) is 0 Å². The minimum atomic E-state index is -3.29. The Morgan fingerprint density at radius 3 is 2.52 bits per heavy atom. The Bertz CT molecular complexity index is 691. The molecule has 1 amide bonds. The first kappa shape index (κ1) is 14.4. The highest BCUT2D eigenvalue weighted by Crippen LogP contribution is 2.51. The predicted molar refractivity (Wildman–Crippen MR) is 82.2 cm³/mol. The van der Waals surface area contributed by atoms with E-state index >= 15 is 0 Å². The van der Waals surface area contributed by atoms with Crippen LogP contribution in [-0.2, 0) is 15.4 Å². The summed E-state index contributed by atoms with van der Waals surface area (Å²) < 4.78 is 25.6. The zero-order chi connectivity index (χ0) is 15.3. The lowest BCUT2D eigenvalue weighted by molar-refractivity contribution is 0.0963. The van der Waals surface area contributed by atoms with Crippen LogP contribution in [0.5, 0.6) is 0 Å². The summed E-state index contributed by atoms with van der Waals surface area (Å²) in [4.78, 5) is 11.9. The van der Waals surface area contributed by atoms with Gasteiger partial charge in [-0.2, -0.15) is 0 Å². The van der Waals surface area contributed by atoms with Crippen LogP contribution in [0.25, 0.3) is 0 Å². The summed E-state index contributed by atoms with van der Waals surface area (Å²) in [7, 11) is -1.68. The smallest absolute Gasteiger partial charge is 0.251 e. The lowest BCUT2D eigenvalue weighted by Gasteiger charge is -2.24. The van der Waals surface area contributed by atoms with Gasteiger partial charge in [-0.05, 0) is 36.6 Å². The molecule has 0 unspecified atom stereocenters. The summed E-state index contributed by atoms with van der Waals surface area (Å²) in [5.74, 6) is -0.135. The second kappa shape index (κ2) is 4.73. The maximum Gasteiger partial charge on any atom is 0.251 e. The van der Waals surface area contributed by atoms with Gasteiger partial charge in [-0.1, -0.05) is 12.8 Å². The zero-order valence-electron chi connectivity index (χ0n) is 12.3. The molecule has 1 N–H and O–H groups in total. The first-order valence-electron chi connectivity index (χ1n) is 7.22. The molecule has 0 aromatic heterocycles. The summed E-state index contributed by atoms with van der Waals surface area (Å²) in [5.41, 5.74) is 2.25. The summed E-state index contributed by atoms with van der Waals surface area (Å²) in [6.07, 6.45) is 5.45. The molecule has 1 fully saturated rings. The van der Waals surface area contributed by atoms with E-state index in [9.17, 15) is 13.2 Å². The SMILES string of the molecule is CNC(=O)c1ccc2c(c1)C1(CCCC1)CN2S(C)(=O)=O. The van der Waals surface area contributed by atoms with Crippen molar-refractivity contribution in [3.8, 4) is 0 Å². The molecule has 0 radical (unpaired) electrons. The molecule has 3 rings (SSSR count). The minimum Gasteiger partial charge on any atom is -0.355 e. The van der Waals surface area contributed by atoms with Crippen LogP contribution in [0.4, 0.5) is 5.69 Å². The monoisotopic (exact) mass is 308 g/mol. The van der Waals surface area contributed by atoms with Gasteiger partial charge in [0.1, 0.15) is 0 Å². The number of amides is 1. The van der Waals surface area contributed by atoms with Crippen molar-refractivity contribution in [2.24, 2.45) is 0 Å².